The molecule has 1 saturated heterocycles. The van der Waals surface area contributed by atoms with Gasteiger partial charge in [0.2, 0.25) is 0 Å². The van der Waals surface area contributed by atoms with Gasteiger partial charge in [-0.1, -0.05) is 6.07 Å². The molecule has 4 N–H and O–H groups in total. The van der Waals surface area contributed by atoms with Crippen LogP contribution in [0.25, 0.3) is 0 Å². The number of aliphatic hydroxyl groups is 2. The number of hydrogen-bond donors (Lipinski definition) is 4. The highest BCUT2D eigenvalue weighted by Gasteiger charge is 2.69. The summed E-state index contributed by atoms with van der Waals surface area (Å²) in [6.07, 6.45) is -4.74. The minimum Gasteiger partial charge on any atom is -0.504 e. The molecule has 2 heterocycles. The minimum absolute atomic E-state index is 0.0756. The molecule has 1 spiro atoms. The zero-order chi connectivity index (χ0) is 30.4. The molecule has 4 rings (SSSR count). The number of hydrogen-bond acceptors (Lipinski definition) is 12. The first-order valence-corrected chi connectivity index (χ1v) is 13.3. The number of fused-ring (bicyclic) bond motifs is 1. The fourth-order valence-corrected chi connectivity index (χ4v) is 6.04. The van der Waals surface area contributed by atoms with Gasteiger partial charge in [0.25, 0.3) is 0 Å². The maximum atomic E-state index is 12.9. The second-order valence-electron chi connectivity index (χ2n) is 10.9. The number of aliphatic carboxylic acids is 1. The van der Waals surface area contributed by atoms with Gasteiger partial charge in [0.15, 0.2) is 35.9 Å². The van der Waals surface area contributed by atoms with Crippen LogP contribution in [0.5, 0.6) is 11.5 Å². The molecule has 13 nitrogen and oxygen atoms in total. The van der Waals surface area contributed by atoms with E-state index in [1.54, 1.807) is 12.1 Å². The largest absolute Gasteiger partial charge is 0.504 e. The summed E-state index contributed by atoms with van der Waals surface area (Å²) < 4.78 is 21.2. The monoisotopic (exact) mass is 577 g/mol. The van der Waals surface area contributed by atoms with Gasteiger partial charge < -0.3 is 44.3 Å². The number of piperidine rings is 1. The summed E-state index contributed by atoms with van der Waals surface area (Å²) >= 11 is 0. The minimum atomic E-state index is -2.00. The lowest BCUT2D eigenvalue weighted by Crippen LogP contribution is -2.71. The third-order valence-corrected chi connectivity index (χ3v) is 8.46. The summed E-state index contributed by atoms with van der Waals surface area (Å²) in [5.41, 5.74) is -0.946. The van der Waals surface area contributed by atoms with Crippen molar-refractivity contribution in [1.82, 2.24) is 4.90 Å². The number of aryl methyl sites for hydroxylation is 1. The third kappa shape index (κ3) is 5.02. The van der Waals surface area contributed by atoms with E-state index in [-0.39, 0.29) is 29.7 Å². The molecule has 1 aliphatic carbocycles. The predicted molar refractivity (Wildman–Crippen MR) is 139 cm³/mol. The summed E-state index contributed by atoms with van der Waals surface area (Å²) in [6.45, 7) is 6.59. The summed E-state index contributed by atoms with van der Waals surface area (Å²) in [6, 6.07) is 2.92. The Hall–Kier alpha value is -3.68. The maximum Gasteiger partial charge on any atom is 0.347 e. The molecule has 1 fully saturated rings. The topological polar surface area (TPSA) is 189 Å². The standard InChI is InChI=1S/C28H35NO12/c1-13-6-7-17(30)22-21(13)27-10-11-29(5)16(4)28(27,37)9-8-19(23(27)41-22)40-20(32)12-18(31)26(36)39-15(3)25(35)38-14(2)24(33)34/h6-8,14-16,18,23,30-31,37H,9-12H2,1-5H3,(H,33,34)/t14-,15-,16+,18-,23-,27-,28+/m0/s1. The third-order valence-electron chi connectivity index (χ3n) is 8.46. The highest BCUT2D eigenvalue weighted by atomic mass is 16.6. The molecule has 0 aromatic heterocycles. The van der Waals surface area contributed by atoms with E-state index < -0.39 is 65.7 Å². The van der Waals surface area contributed by atoms with E-state index in [2.05, 4.69) is 4.74 Å². The molecule has 13 heteroatoms. The molecule has 41 heavy (non-hydrogen) atoms. The Morgan fingerprint density at radius 1 is 1.15 bits per heavy atom. The Labute approximate surface area is 236 Å². The van der Waals surface area contributed by atoms with E-state index in [0.717, 1.165) is 19.4 Å². The van der Waals surface area contributed by atoms with Crippen molar-refractivity contribution in [2.24, 2.45) is 0 Å². The van der Waals surface area contributed by atoms with E-state index >= 15 is 0 Å². The Bertz CT molecular complexity index is 1290. The van der Waals surface area contributed by atoms with Crippen LogP contribution >= 0.6 is 0 Å². The molecule has 2 aliphatic heterocycles. The normalized spacial score (nSPS) is 28.9. The molecule has 3 aliphatic rings. The molecule has 224 valence electrons. The molecule has 0 bridgehead atoms. The van der Waals surface area contributed by atoms with Gasteiger partial charge in [-0.25, -0.2) is 14.4 Å². The molecular weight excluding hydrogens is 542 g/mol. The fourth-order valence-electron chi connectivity index (χ4n) is 6.04. The van der Waals surface area contributed by atoms with E-state index in [1.165, 1.54) is 6.07 Å². The highest BCUT2D eigenvalue weighted by Crippen LogP contribution is 2.62. The number of likely N-dealkylation sites (N-methyl/N-ethyl adjacent to an activating group) is 1. The second-order valence-corrected chi connectivity index (χ2v) is 10.9. The maximum absolute atomic E-state index is 12.9. The van der Waals surface area contributed by atoms with Crippen molar-refractivity contribution in [1.29, 1.82) is 0 Å². The van der Waals surface area contributed by atoms with Gasteiger partial charge in [-0.2, -0.15) is 0 Å². The molecule has 1 aromatic rings. The van der Waals surface area contributed by atoms with Crippen LogP contribution in [-0.4, -0.2) is 98.9 Å². The van der Waals surface area contributed by atoms with Crippen LogP contribution in [0.3, 0.4) is 0 Å². The van der Waals surface area contributed by atoms with E-state index in [1.807, 2.05) is 25.8 Å². The molecule has 1 aromatic carbocycles. The number of benzene rings is 1. The number of carboxylic acids is 1. The average molecular weight is 578 g/mol. The van der Waals surface area contributed by atoms with Crippen molar-refractivity contribution in [3.8, 4) is 11.5 Å². The quantitative estimate of drug-likeness (QED) is 0.250. The summed E-state index contributed by atoms with van der Waals surface area (Å²) in [4.78, 5) is 50.0. The van der Waals surface area contributed by atoms with Gasteiger partial charge in [0, 0.05) is 18.0 Å². The van der Waals surface area contributed by atoms with Crippen LogP contribution in [-0.2, 0) is 38.8 Å². The Morgan fingerprint density at radius 3 is 2.46 bits per heavy atom. The van der Waals surface area contributed by atoms with Crippen molar-refractivity contribution >= 4 is 23.9 Å². The number of likely N-dealkylation sites (tertiary alicyclic amines) is 1. The van der Waals surface area contributed by atoms with Gasteiger partial charge in [-0.15, -0.1) is 0 Å². The number of carboxylic acid groups (broad SMARTS) is 1. The summed E-state index contributed by atoms with van der Waals surface area (Å²) in [7, 11) is 1.91. The fraction of sp³-hybridized carbons (Fsp3) is 0.571. The van der Waals surface area contributed by atoms with Crippen LogP contribution in [0.2, 0.25) is 0 Å². The Kier molecular flexibility index (Phi) is 8.09. The predicted octanol–water partition coefficient (Wildman–Crippen LogP) is 0.684. The van der Waals surface area contributed by atoms with Crippen molar-refractivity contribution in [3.05, 3.63) is 35.1 Å². The average Bonchev–Trinajstić information content (AvgIpc) is 3.28. The highest BCUT2D eigenvalue weighted by molar-refractivity contribution is 5.85. The molecule has 0 amide bonds. The van der Waals surface area contributed by atoms with E-state index in [4.69, 9.17) is 19.3 Å². The first-order valence-electron chi connectivity index (χ1n) is 13.3. The van der Waals surface area contributed by atoms with Crippen LogP contribution in [0.15, 0.2) is 24.0 Å². The number of esters is 3. The van der Waals surface area contributed by atoms with Gasteiger partial charge in [0.05, 0.1) is 17.4 Å². The number of ether oxygens (including phenoxy) is 4. The number of phenolic OH excluding ortho intramolecular Hbond substituents is 1. The zero-order valence-electron chi connectivity index (χ0n) is 23.4. The van der Waals surface area contributed by atoms with E-state index in [9.17, 15) is 34.5 Å². The van der Waals surface area contributed by atoms with Crippen LogP contribution < -0.4 is 4.74 Å². The van der Waals surface area contributed by atoms with Crippen LogP contribution in [0, 0.1) is 6.92 Å². The lowest BCUT2D eigenvalue weighted by atomic mass is 9.54. The molecule has 0 unspecified atom stereocenters. The Morgan fingerprint density at radius 2 is 1.80 bits per heavy atom. The lowest BCUT2D eigenvalue weighted by Gasteiger charge is -2.58. The molecular formula is C28H35NO12. The first-order chi connectivity index (χ1) is 19.1. The first kappa shape index (κ1) is 30.3. The van der Waals surface area contributed by atoms with Crippen molar-refractivity contribution in [3.63, 3.8) is 0 Å². The number of rotatable bonds is 8. The van der Waals surface area contributed by atoms with Gasteiger partial charge in [0.1, 0.15) is 5.76 Å². The number of aliphatic hydroxyl groups excluding tert-OH is 1. The van der Waals surface area contributed by atoms with Crippen molar-refractivity contribution in [2.45, 2.75) is 88.4 Å². The molecule has 7 atom stereocenters. The number of aromatic hydroxyl groups is 1. The molecule has 0 saturated carbocycles. The number of carbonyl (C=O) groups excluding carboxylic acids is 3. The summed E-state index contributed by atoms with van der Waals surface area (Å²) in [5.74, 6) is -4.69. The SMILES string of the molecule is Cc1ccc(O)c2c1[C@]13CCN(C)[C@H](C)[C@]1(O)CC=C(OC(=O)C[C@H](O)C(=O)O[C@@H](C)C(=O)O[C@@H](C)C(=O)O)[C@@H]3O2. The van der Waals surface area contributed by atoms with Gasteiger partial charge >= 0.3 is 23.9 Å². The lowest BCUT2D eigenvalue weighted by molar-refractivity contribution is -0.179. The van der Waals surface area contributed by atoms with Crippen LogP contribution in [0.4, 0.5) is 0 Å². The van der Waals surface area contributed by atoms with Crippen LogP contribution in [0.1, 0.15) is 51.2 Å². The number of nitrogens with zero attached hydrogens (tertiary/aromatic N) is 1. The summed E-state index contributed by atoms with van der Waals surface area (Å²) in [5, 5.41) is 41.9. The Balaban J connectivity index is 1.51. The second kappa shape index (κ2) is 11.0. The number of carbonyl (C=O) groups is 4. The van der Waals surface area contributed by atoms with Crippen molar-refractivity contribution in [2.75, 3.05) is 13.6 Å². The molecule has 0 radical (unpaired) electrons. The van der Waals surface area contributed by atoms with E-state index in [0.29, 0.717) is 18.5 Å². The van der Waals surface area contributed by atoms with Crippen molar-refractivity contribution < 1.29 is 58.6 Å². The van der Waals surface area contributed by atoms with Gasteiger partial charge in [-0.05, 0) is 65.4 Å². The van der Waals surface area contributed by atoms with Gasteiger partial charge in [-0.3, -0.25) is 4.79 Å². The smallest absolute Gasteiger partial charge is 0.347 e. The number of phenols is 1. The zero-order valence-corrected chi connectivity index (χ0v) is 23.4.